The molecule has 2 amide bonds. The van der Waals surface area contributed by atoms with E-state index in [0.29, 0.717) is 16.7 Å². The normalized spacial score (nSPS) is 11.8. The van der Waals surface area contributed by atoms with Gasteiger partial charge in [-0.1, -0.05) is 16.8 Å². The number of hydrogen-bond donors (Lipinski definition) is 3. The second-order valence-electron chi connectivity index (χ2n) is 4.73. The SMILES string of the molecule is CC(NC(=O)CNC(=O)CN)c1noc(-c2ccc(Cl)cc2)n1. The van der Waals surface area contributed by atoms with Gasteiger partial charge in [0.25, 0.3) is 5.89 Å². The number of nitrogens with one attached hydrogen (secondary N) is 2. The molecule has 0 radical (unpaired) electrons. The van der Waals surface area contributed by atoms with Crippen LogP contribution in [-0.4, -0.2) is 35.0 Å². The Morgan fingerprint density at radius 2 is 2.00 bits per heavy atom. The molecule has 122 valence electrons. The van der Waals surface area contributed by atoms with E-state index in [1.165, 1.54) is 0 Å². The van der Waals surface area contributed by atoms with E-state index < -0.39 is 11.9 Å². The zero-order chi connectivity index (χ0) is 16.8. The largest absolute Gasteiger partial charge is 0.346 e. The highest BCUT2D eigenvalue weighted by Gasteiger charge is 2.17. The maximum Gasteiger partial charge on any atom is 0.257 e. The van der Waals surface area contributed by atoms with E-state index in [1.54, 1.807) is 31.2 Å². The van der Waals surface area contributed by atoms with Crippen LogP contribution in [0.15, 0.2) is 28.8 Å². The number of rotatable bonds is 6. The lowest BCUT2D eigenvalue weighted by atomic mass is 10.2. The van der Waals surface area contributed by atoms with Crippen molar-refractivity contribution in [2.45, 2.75) is 13.0 Å². The summed E-state index contributed by atoms with van der Waals surface area (Å²) in [5.74, 6) is -0.128. The van der Waals surface area contributed by atoms with Gasteiger partial charge in [-0.05, 0) is 31.2 Å². The standard InChI is InChI=1S/C14H16ClN5O3/c1-8(18-12(22)7-17-11(21)6-16)13-19-14(23-20-13)9-2-4-10(15)5-3-9/h2-5,8H,6-7,16H2,1H3,(H,17,21)(H,18,22). The van der Waals surface area contributed by atoms with Gasteiger partial charge in [0, 0.05) is 10.6 Å². The van der Waals surface area contributed by atoms with Gasteiger partial charge < -0.3 is 20.9 Å². The number of nitrogens with zero attached hydrogens (tertiary/aromatic N) is 2. The molecule has 0 saturated heterocycles. The number of amides is 2. The van der Waals surface area contributed by atoms with Crippen LogP contribution in [0.2, 0.25) is 5.02 Å². The highest BCUT2D eigenvalue weighted by atomic mass is 35.5. The third-order valence-electron chi connectivity index (χ3n) is 2.93. The number of benzene rings is 1. The van der Waals surface area contributed by atoms with Crippen molar-refractivity contribution in [3.63, 3.8) is 0 Å². The molecule has 0 bridgehead atoms. The fraction of sp³-hybridized carbons (Fsp3) is 0.286. The van der Waals surface area contributed by atoms with Crippen LogP contribution in [0.1, 0.15) is 18.8 Å². The minimum absolute atomic E-state index is 0.164. The molecule has 0 aliphatic carbocycles. The molecule has 0 saturated carbocycles. The van der Waals surface area contributed by atoms with Crippen LogP contribution in [0.5, 0.6) is 0 Å². The topological polar surface area (TPSA) is 123 Å². The third kappa shape index (κ3) is 4.76. The van der Waals surface area contributed by atoms with Crippen LogP contribution in [0.3, 0.4) is 0 Å². The second-order valence-corrected chi connectivity index (χ2v) is 5.17. The summed E-state index contributed by atoms with van der Waals surface area (Å²) in [6, 6.07) is 6.47. The van der Waals surface area contributed by atoms with E-state index in [4.69, 9.17) is 21.9 Å². The fourth-order valence-corrected chi connectivity index (χ4v) is 1.85. The molecular formula is C14H16ClN5O3. The summed E-state index contributed by atoms with van der Waals surface area (Å²) in [5.41, 5.74) is 5.86. The van der Waals surface area contributed by atoms with Crippen LogP contribution in [0.25, 0.3) is 11.5 Å². The number of carbonyl (C=O) groups is 2. The molecule has 1 atom stereocenters. The molecule has 0 spiro atoms. The van der Waals surface area contributed by atoms with Gasteiger partial charge in [-0.25, -0.2) is 0 Å². The van der Waals surface area contributed by atoms with E-state index in [-0.39, 0.29) is 19.0 Å². The van der Waals surface area contributed by atoms with Crippen molar-refractivity contribution >= 4 is 23.4 Å². The van der Waals surface area contributed by atoms with Crippen LogP contribution in [0, 0.1) is 0 Å². The van der Waals surface area contributed by atoms with Crippen molar-refractivity contribution in [2.24, 2.45) is 5.73 Å². The van der Waals surface area contributed by atoms with Crippen molar-refractivity contribution in [2.75, 3.05) is 13.1 Å². The van der Waals surface area contributed by atoms with Gasteiger partial charge in [0.05, 0.1) is 19.1 Å². The Balaban J connectivity index is 1.95. The molecule has 0 fully saturated rings. The lowest BCUT2D eigenvalue weighted by molar-refractivity contribution is -0.125. The molecular weight excluding hydrogens is 322 g/mol. The molecule has 1 heterocycles. The van der Waals surface area contributed by atoms with E-state index in [0.717, 1.165) is 5.56 Å². The number of nitrogens with two attached hydrogens (primary N) is 1. The Hall–Kier alpha value is -2.45. The second kappa shape index (κ2) is 7.70. The molecule has 1 aromatic carbocycles. The summed E-state index contributed by atoms with van der Waals surface area (Å²) in [4.78, 5) is 26.9. The average Bonchev–Trinajstić information content (AvgIpc) is 3.03. The minimum Gasteiger partial charge on any atom is -0.346 e. The molecule has 8 nitrogen and oxygen atoms in total. The summed E-state index contributed by atoms with van der Waals surface area (Å²) < 4.78 is 5.17. The summed E-state index contributed by atoms with van der Waals surface area (Å²) in [6.07, 6.45) is 0. The van der Waals surface area contributed by atoms with E-state index >= 15 is 0 Å². The molecule has 2 rings (SSSR count). The number of hydrogen-bond acceptors (Lipinski definition) is 6. The molecule has 1 aromatic heterocycles. The van der Waals surface area contributed by atoms with E-state index in [1.807, 2.05) is 0 Å². The monoisotopic (exact) mass is 337 g/mol. The van der Waals surface area contributed by atoms with Gasteiger partial charge in [-0.2, -0.15) is 4.98 Å². The molecule has 4 N–H and O–H groups in total. The summed E-state index contributed by atoms with van der Waals surface area (Å²) in [5, 5.41) is 9.46. The highest BCUT2D eigenvalue weighted by Crippen LogP contribution is 2.21. The Morgan fingerprint density at radius 1 is 1.30 bits per heavy atom. The molecule has 1 unspecified atom stereocenters. The smallest absolute Gasteiger partial charge is 0.257 e. The fourth-order valence-electron chi connectivity index (χ4n) is 1.73. The van der Waals surface area contributed by atoms with E-state index in [2.05, 4.69) is 20.8 Å². The van der Waals surface area contributed by atoms with Crippen LogP contribution >= 0.6 is 11.6 Å². The summed E-state index contributed by atoms with van der Waals surface area (Å²) in [7, 11) is 0. The summed E-state index contributed by atoms with van der Waals surface area (Å²) in [6.45, 7) is 1.37. The molecule has 0 aliphatic heterocycles. The van der Waals surface area contributed by atoms with Crippen LogP contribution in [-0.2, 0) is 9.59 Å². The lowest BCUT2D eigenvalue weighted by Gasteiger charge is -2.10. The van der Waals surface area contributed by atoms with Crippen molar-refractivity contribution in [3.05, 3.63) is 35.1 Å². The van der Waals surface area contributed by atoms with Crippen LogP contribution in [0.4, 0.5) is 0 Å². The first-order valence-electron chi connectivity index (χ1n) is 6.85. The highest BCUT2D eigenvalue weighted by molar-refractivity contribution is 6.30. The molecule has 23 heavy (non-hydrogen) atoms. The summed E-state index contributed by atoms with van der Waals surface area (Å²) >= 11 is 5.82. The van der Waals surface area contributed by atoms with Crippen molar-refractivity contribution in [1.82, 2.24) is 20.8 Å². The van der Waals surface area contributed by atoms with Crippen molar-refractivity contribution in [3.8, 4) is 11.5 Å². The van der Waals surface area contributed by atoms with Crippen molar-refractivity contribution in [1.29, 1.82) is 0 Å². The zero-order valence-corrected chi connectivity index (χ0v) is 13.1. The molecule has 2 aromatic rings. The quantitative estimate of drug-likeness (QED) is 0.710. The first-order valence-corrected chi connectivity index (χ1v) is 7.23. The first-order chi connectivity index (χ1) is 11.0. The van der Waals surface area contributed by atoms with Gasteiger partial charge in [0.15, 0.2) is 5.82 Å². The van der Waals surface area contributed by atoms with Crippen molar-refractivity contribution < 1.29 is 14.1 Å². The first kappa shape index (κ1) is 16.9. The number of carbonyl (C=O) groups excluding carboxylic acids is 2. The number of aromatic nitrogens is 2. The predicted molar refractivity (Wildman–Crippen MR) is 83.4 cm³/mol. The third-order valence-corrected chi connectivity index (χ3v) is 3.18. The minimum atomic E-state index is -0.470. The maximum absolute atomic E-state index is 11.7. The molecule has 9 heteroatoms. The Kier molecular flexibility index (Phi) is 5.67. The van der Waals surface area contributed by atoms with Crippen LogP contribution < -0.4 is 16.4 Å². The maximum atomic E-state index is 11.7. The zero-order valence-electron chi connectivity index (χ0n) is 12.4. The lowest BCUT2D eigenvalue weighted by Crippen LogP contribution is -2.40. The number of halogens is 1. The average molecular weight is 338 g/mol. The molecule has 0 aliphatic rings. The predicted octanol–water partition coefficient (Wildman–Crippen LogP) is 0.642. The van der Waals surface area contributed by atoms with Gasteiger partial charge >= 0.3 is 0 Å². The van der Waals surface area contributed by atoms with Gasteiger partial charge in [-0.15, -0.1) is 0 Å². The van der Waals surface area contributed by atoms with Gasteiger partial charge in [-0.3, -0.25) is 9.59 Å². The Bertz CT molecular complexity index is 686. The van der Waals surface area contributed by atoms with Gasteiger partial charge in [0.1, 0.15) is 0 Å². The van der Waals surface area contributed by atoms with E-state index in [9.17, 15) is 9.59 Å². The Morgan fingerprint density at radius 3 is 2.65 bits per heavy atom. The Labute approximate surface area is 137 Å². The van der Waals surface area contributed by atoms with Gasteiger partial charge in [0.2, 0.25) is 11.8 Å².